The van der Waals surface area contributed by atoms with Crippen LogP contribution in [0.3, 0.4) is 0 Å². The SMILES string of the molecule is CN=C(NCCc1cccc(C(=O)N(C)C)c1)NCC(SC)c1cccc(Cl)c1.I. The molecule has 0 aliphatic rings. The zero-order valence-electron chi connectivity index (χ0n) is 17.8. The average Bonchev–Trinajstić information content (AvgIpc) is 2.72. The van der Waals surface area contributed by atoms with E-state index in [1.54, 1.807) is 37.8 Å². The Hall–Kier alpha value is -1.45. The van der Waals surface area contributed by atoms with Crippen LogP contribution in [0.1, 0.15) is 26.7 Å². The van der Waals surface area contributed by atoms with Crippen LogP contribution < -0.4 is 10.6 Å². The van der Waals surface area contributed by atoms with Gasteiger partial charge in [0.05, 0.1) is 0 Å². The Kier molecular flexibility index (Phi) is 12.2. The van der Waals surface area contributed by atoms with Crippen LogP contribution in [0.5, 0.6) is 0 Å². The molecule has 0 aliphatic carbocycles. The lowest BCUT2D eigenvalue weighted by Crippen LogP contribution is -2.39. The lowest BCUT2D eigenvalue weighted by molar-refractivity contribution is 0.0827. The first kappa shape index (κ1) is 26.6. The summed E-state index contributed by atoms with van der Waals surface area (Å²) < 4.78 is 0. The van der Waals surface area contributed by atoms with Crippen molar-refractivity contribution in [2.75, 3.05) is 40.5 Å². The van der Waals surface area contributed by atoms with E-state index in [0.717, 1.165) is 36.1 Å². The highest BCUT2D eigenvalue weighted by molar-refractivity contribution is 14.0. The van der Waals surface area contributed by atoms with Gasteiger partial charge in [-0.05, 0) is 48.1 Å². The van der Waals surface area contributed by atoms with Crippen LogP contribution in [0, 0.1) is 0 Å². The maximum atomic E-state index is 12.1. The summed E-state index contributed by atoms with van der Waals surface area (Å²) in [5.74, 6) is 0.771. The normalized spacial score (nSPS) is 12.0. The number of carbonyl (C=O) groups excluding carboxylic acids is 1. The van der Waals surface area contributed by atoms with Gasteiger partial charge in [-0.3, -0.25) is 9.79 Å². The minimum atomic E-state index is 0. The van der Waals surface area contributed by atoms with Gasteiger partial charge in [-0.15, -0.1) is 24.0 Å². The van der Waals surface area contributed by atoms with Crippen LogP contribution in [0.25, 0.3) is 0 Å². The molecule has 0 bridgehead atoms. The largest absolute Gasteiger partial charge is 0.356 e. The molecule has 0 aromatic heterocycles. The molecule has 8 heteroatoms. The quantitative estimate of drug-likeness (QED) is 0.284. The topological polar surface area (TPSA) is 56.7 Å². The number of hydrogen-bond donors (Lipinski definition) is 2. The minimum absolute atomic E-state index is 0. The molecular weight excluding hydrogens is 531 g/mol. The first-order valence-electron chi connectivity index (χ1n) is 9.48. The van der Waals surface area contributed by atoms with Gasteiger partial charge in [-0.1, -0.05) is 35.9 Å². The molecule has 0 saturated heterocycles. The van der Waals surface area contributed by atoms with E-state index in [0.29, 0.717) is 5.56 Å². The molecule has 1 unspecified atom stereocenters. The molecule has 30 heavy (non-hydrogen) atoms. The zero-order chi connectivity index (χ0) is 21.2. The summed E-state index contributed by atoms with van der Waals surface area (Å²) in [6.07, 6.45) is 2.89. The van der Waals surface area contributed by atoms with Gasteiger partial charge in [0.25, 0.3) is 5.91 Å². The van der Waals surface area contributed by atoms with Gasteiger partial charge in [0.15, 0.2) is 5.96 Å². The highest BCUT2D eigenvalue weighted by Crippen LogP contribution is 2.27. The third-order valence-corrected chi connectivity index (χ3v) is 5.71. The standard InChI is InChI=1S/C22H29ClN4OS.HI/c1-24-22(26-15-20(29-4)17-8-6-10-19(23)14-17)25-12-11-16-7-5-9-18(13-16)21(28)27(2)3;/h5-10,13-14,20H,11-12,15H2,1-4H3,(H2,24,25,26);1H. The summed E-state index contributed by atoms with van der Waals surface area (Å²) in [6.45, 7) is 1.47. The number of amides is 1. The van der Waals surface area contributed by atoms with E-state index in [1.165, 1.54) is 5.56 Å². The Labute approximate surface area is 206 Å². The van der Waals surface area contributed by atoms with Crippen molar-refractivity contribution >= 4 is 59.2 Å². The number of thioether (sulfide) groups is 1. The van der Waals surface area contributed by atoms with Crippen LogP contribution in [0.15, 0.2) is 53.5 Å². The van der Waals surface area contributed by atoms with Gasteiger partial charge < -0.3 is 15.5 Å². The molecule has 1 atom stereocenters. The number of nitrogens with zero attached hydrogens (tertiary/aromatic N) is 2. The van der Waals surface area contributed by atoms with E-state index in [-0.39, 0.29) is 35.1 Å². The molecule has 2 aromatic carbocycles. The number of halogens is 2. The molecule has 0 spiro atoms. The molecular formula is C22H30ClIN4OS. The average molecular weight is 561 g/mol. The van der Waals surface area contributed by atoms with Crippen LogP contribution in [-0.4, -0.2) is 57.3 Å². The molecule has 0 heterocycles. The van der Waals surface area contributed by atoms with Crippen molar-refractivity contribution in [3.8, 4) is 0 Å². The van der Waals surface area contributed by atoms with Crippen LogP contribution in [0.2, 0.25) is 5.02 Å². The smallest absolute Gasteiger partial charge is 0.253 e. The summed E-state index contributed by atoms with van der Waals surface area (Å²) in [5, 5.41) is 7.75. The summed E-state index contributed by atoms with van der Waals surface area (Å²) in [6, 6.07) is 15.7. The van der Waals surface area contributed by atoms with Gasteiger partial charge in [0.1, 0.15) is 0 Å². The monoisotopic (exact) mass is 560 g/mol. The lowest BCUT2D eigenvalue weighted by atomic mass is 10.1. The number of guanidine groups is 1. The summed E-state index contributed by atoms with van der Waals surface area (Å²) in [4.78, 5) is 18.0. The zero-order valence-corrected chi connectivity index (χ0v) is 21.7. The summed E-state index contributed by atoms with van der Waals surface area (Å²) in [7, 11) is 5.29. The lowest BCUT2D eigenvalue weighted by Gasteiger charge is -2.18. The Morgan fingerprint density at radius 1 is 1.17 bits per heavy atom. The van der Waals surface area contributed by atoms with Crippen molar-refractivity contribution in [1.82, 2.24) is 15.5 Å². The second kappa shape index (κ2) is 13.8. The molecule has 1 amide bonds. The van der Waals surface area contributed by atoms with Crippen molar-refractivity contribution < 1.29 is 4.79 Å². The maximum absolute atomic E-state index is 12.1. The second-order valence-corrected chi connectivity index (χ2v) is 8.29. The third kappa shape index (κ3) is 8.35. The molecule has 0 fully saturated rings. The fraction of sp³-hybridized carbons (Fsp3) is 0.364. The minimum Gasteiger partial charge on any atom is -0.356 e. The van der Waals surface area contributed by atoms with E-state index < -0.39 is 0 Å². The summed E-state index contributed by atoms with van der Waals surface area (Å²) in [5.41, 5.74) is 3.01. The number of nitrogens with one attached hydrogen (secondary N) is 2. The number of carbonyl (C=O) groups is 1. The fourth-order valence-electron chi connectivity index (χ4n) is 2.90. The van der Waals surface area contributed by atoms with Crippen molar-refractivity contribution in [2.24, 2.45) is 4.99 Å². The Bertz CT molecular complexity index is 847. The van der Waals surface area contributed by atoms with Crippen molar-refractivity contribution in [3.05, 3.63) is 70.2 Å². The van der Waals surface area contributed by atoms with Crippen molar-refractivity contribution in [2.45, 2.75) is 11.7 Å². The summed E-state index contributed by atoms with van der Waals surface area (Å²) >= 11 is 7.89. The van der Waals surface area contributed by atoms with Crippen LogP contribution in [-0.2, 0) is 6.42 Å². The molecule has 2 rings (SSSR count). The molecule has 0 saturated carbocycles. The Morgan fingerprint density at radius 3 is 2.53 bits per heavy atom. The first-order valence-corrected chi connectivity index (χ1v) is 11.1. The van der Waals surface area contributed by atoms with Crippen LogP contribution in [0.4, 0.5) is 0 Å². The number of benzene rings is 2. The molecule has 5 nitrogen and oxygen atoms in total. The molecule has 2 aromatic rings. The molecule has 0 aliphatic heterocycles. The fourth-order valence-corrected chi connectivity index (χ4v) is 3.76. The van der Waals surface area contributed by atoms with Gasteiger partial charge >= 0.3 is 0 Å². The maximum Gasteiger partial charge on any atom is 0.253 e. The van der Waals surface area contributed by atoms with Gasteiger partial charge in [0, 0.05) is 50.1 Å². The number of rotatable bonds is 8. The van der Waals surface area contributed by atoms with Gasteiger partial charge in [-0.2, -0.15) is 11.8 Å². The molecule has 0 radical (unpaired) electrons. The van der Waals surface area contributed by atoms with Gasteiger partial charge in [-0.25, -0.2) is 0 Å². The highest BCUT2D eigenvalue weighted by Gasteiger charge is 2.12. The van der Waals surface area contributed by atoms with Crippen molar-refractivity contribution in [3.63, 3.8) is 0 Å². The number of aliphatic imine (C=N–C) groups is 1. The molecule has 164 valence electrons. The van der Waals surface area contributed by atoms with Crippen LogP contribution >= 0.6 is 47.3 Å². The highest BCUT2D eigenvalue weighted by atomic mass is 127. The number of hydrogen-bond acceptors (Lipinski definition) is 3. The predicted molar refractivity (Wildman–Crippen MR) is 141 cm³/mol. The van der Waals surface area contributed by atoms with E-state index in [2.05, 4.69) is 27.9 Å². The van der Waals surface area contributed by atoms with E-state index >= 15 is 0 Å². The Balaban J connectivity index is 0.00000450. The molecule has 2 N–H and O–H groups in total. The van der Waals surface area contributed by atoms with E-state index in [1.807, 2.05) is 42.5 Å². The Morgan fingerprint density at radius 2 is 1.90 bits per heavy atom. The van der Waals surface area contributed by atoms with E-state index in [9.17, 15) is 4.79 Å². The van der Waals surface area contributed by atoms with Crippen molar-refractivity contribution in [1.29, 1.82) is 0 Å². The second-order valence-electron chi connectivity index (χ2n) is 6.81. The first-order chi connectivity index (χ1) is 13.9. The third-order valence-electron chi connectivity index (χ3n) is 4.47. The van der Waals surface area contributed by atoms with Gasteiger partial charge in [0.2, 0.25) is 0 Å². The van der Waals surface area contributed by atoms with E-state index in [4.69, 9.17) is 11.6 Å². The predicted octanol–water partition coefficient (Wildman–Crippen LogP) is 4.47.